The third-order valence-electron chi connectivity index (χ3n) is 3.18. The molecule has 0 aliphatic carbocycles. The van der Waals surface area contributed by atoms with Gasteiger partial charge in [-0.25, -0.2) is 0 Å². The molecule has 2 aromatic rings. The van der Waals surface area contributed by atoms with Gasteiger partial charge in [0, 0.05) is 5.92 Å². The average molecular weight is 270 g/mol. The minimum absolute atomic E-state index is 0.150. The molecule has 2 rings (SSSR count). The highest BCUT2D eigenvalue weighted by Gasteiger charge is 2.14. The fourth-order valence-corrected chi connectivity index (χ4v) is 4.57. The van der Waals surface area contributed by atoms with Crippen molar-refractivity contribution in [3.63, 3.8) is 0 Å². The summed E-state index contributed by atoms with van der Waals surface area (Å²) in [5.41, 5.74) is 0. The van der Waals surface area contributed by atoms with Gasteiger partial charge in [0.1, 0.15) is 6.29 Å². The Kier molecular flexibility index (Phi) is 5.30. The van der Waals surface area contributed by atoms with Gasteiger partial charge in [-0.1, -0.05) is 67.6 Å². The molecule has 0 bridgehead atoms. The van der Waals surface area contributed by atoms with Gasteiger partial charge in [-0.15, -0.1) is 0 Å². The molecule has 0 fully saturated rings. The van der Waals surface area contributed by atoms with Crippen molar-refractivity contribution in [2.45, 2.75) is 13.3 Å². The van der Waals surface area contributed by atoms with Gasteiger partial charge in [0.2, 0.25) is 0 Å². The summed E-state index contributed by atoms with van der Waals surface area (Å²) >= 11 is 0. The van der Waals surface area contributed by atoms with Crippen molar-refractivity contribution in [2.75, 3.05) is 6.16 Å². The van der Waals surface area contributed by atoms with E-state index in [1.165, 1.54) is 10.6 Å². The number of rotatable bonds is 6. The molecule has 0 radical (unpaired) electrons. The second-order valence-electron chi connectivity index (χ2n) is 4.72. The molecule has 0 saturated carbocycles. The van der Waals surface area contributed by atoms with Crippen molar-refractivity contribution in [3.8, 4) is 0 Å². The van der Waals surface area contributed by atoms with Crippen LogP contribution < -0.4 is 10.6 Å². The van der Waals surface area contributed by atoms with E-state index in [0.717, 1.165) is 18.9 Å². The van der Waals surface area contributed by atoms with Crippen molar-refractivity contribution < 1.29 is 4.79 Å². The average Bonchev–Trinajstić information content (AvgIpc) is 2.49. The van der Waals surface area contributed by atoms with E-state index in [1.54, 1.807) is 0 Å². The van der Waals surface area contributed by atoms with Crippen LogP contribution in [0.2, 0.25) is 0 Å². The van der Waals surface area contributed by atoms with Crippen LogP contribution in [0.1, 0.15) is 13.3 Å². The smallest absolute Gasteiger partial charge is 0.122 e. The van der Waals surface area contributed by atoms with E-state index < -0.39 is 0 Å². The van der Waals surface area contributed by atoms with E-state index in [0.29, 0.717) is 0 Å². The SMILES string of the molecule is CC(C=O)CCP(c1ccccc1)c1ccccc1. The van der Waals surface area contributed by atoms with Crippen LogP contribution in [0.4, 0.5) is 0 Å². The molecule has 0 aliphatic heterocycles. The molecule has 0 amide bonds. The Labute approximate surface area is 116 Å². The van der Waals surface area contributed by atoms with E-state index >= 15 is 0 Å². The van der Waals surface area contributed by atoms with Crippen molar-refractivity contribution in [1.82, 2.24) is 0 Å². The molecule has 0 spiro atoms. The van der Waals surface area contributed by atoms with Gasteiger partial charge >= 0.3 is 0 Å². The summed E-state index contributed by atoms with van der Waals surface area (Å²) in [7, 11) is -0.348. The molecular weight excluding hydrogens is 251 g/mol. The van der Waals surface area contributed by atoms with Gasteiger partial charge < -0.3 is 4.79 Å². The molecule has 0 aromatic heterocycles. The second-order valence-corrected chi connectivity index (χ2v) is 7.06. The quantitative estimate of drug-likeness (QED) is 0.581. The first-order valence-corrected chi connectivity index (χ1v) is 8.17. The standard InChI is InChI=1S/C17H19OP/c1-15(14-18)12-13-19(16-8-4-2-5-9-16)17-10-6-3-7-11-17/h2-11,14-15H,12-13H2,1H3. The highest BCUT2D eigenvalue weighted by molar-refractivity contribution is 7.73. The van der Waals surface area contributed by atoms with Crippen LogP contribution in [0.25, 0.3) is 0 Å². The topological polar surface area (TPSA) is 17.1 Å². The molecule has 1 unspecified atom stereocenters. The fourth-order valence-electron chi connectivity index (χ4n) is 2.02. The highest BCUT2D eigenvalue weighted by Crippen LogP contribution is 2.34. The first kappa shape index (κ1) is 14.0. The van der Waals surface area contributed by atoms with Crippen molar-refractivity contribution >= 4 is 24.8 Å². The van der Waals surface area contributed by atoms with E-state index in [2.05, 4.69) is 60.7 Å². The molecule has 0 N–H and O–H groups in total. The zero-order chi connectivity index (χ0) is 13.5. The lowest BCUT2D eigenvalue weighted by Crippen LogP contribution is -2.15. The number of hydrogen-bond acceptors (Lipinski definition) is 1. The third kappa shape index (κ3) is 4.01. The first-order chi connectivity index (χ1) is 9.31. The second kappa shape index (κ2) is 7.21. The van der Waals surface area contributed by atoms with Crippen molar-refractivity contribution in [2.24, 2.45) is 5.92 Å². The summed E-state index contributed by atoms with van der Waals surface area (Å²) in [4.78, 5) is 10.8. The Balaban J connectivity index is 2.21. The van der Waals surface area contributed by atoms with Gasteiger partial charge in [0.05, 0.1) is 0 Å². The fraction of sp³-hybridized carbons (Fsp3) is 0.235. The minimum Gasteiger partial charge on any atom is -0.303 e. The van der Waals surface area contributed by atoms with Crippen LogP contribution in [-0.4, -0.2) is 12.4 Å². The Morgan fingerprint density at radius 3 is 1.84 bits per heavy atom. The Bertz CT molecular complexity index is 456. The van der Waals surface area contributed by atoms with Gasteiger partial charge in [-0.3, -0.25) is 0 Å². The first-order valence-electron chi connectivity index (χ1n) is 6.64. The summed E-state index contributed by atoms with van der Waals surface area (Å²) in [5, 5.41) is 2.78. The van der Waals surface area contributed by atoms with Gasteiger partial charge in [0.15, 0.2) is 0 Å². The number of benzene rings is 2. The maximum absolute atomic E-state index is 10.8. The third-order valence-corrected chi connectivity index (χ3v) is 5.72. The van der Waals surface area contributed by atoms with Crippen LogP contribution in [0.15, 0.2) is 60.7 Å². The number of carbonyl (C=O) groups excluding carboxylic acids is 1. The normalized spacial score (nSPS) is 12.3. The van der Waals surface area contributed by atoms with Crippen LogP contribution >= 0.6 is 7.92 Å². The van der Waals surface area contributed by atoms with Crippen LogP contribution in [-0.2, 0) is 4.79 Å². The number of aldehydes is 1. The Hall–Kier alpha value is -1.46. The van der Waals surface area contributed by atoms with E-state index in [4.69, 9.17) is 0 Å². The zero-order valence-electron chi connectivity index (χ0n) is 11.2. The maximum Gasteiger partial charge on any atom is 0.122 e. The Morgan fingerprint density at radius 1 is 0.947 bits per heavy atom. The summed E-state index contributed by atoms with van der Waals surface area (Å²) in [5.74, 6) is 0.150. The van der Waals surface area contributed by atoms with Gasteiger partial charge in [0.25, 0.3) is 0 Å². The van der Waals surface area contributed by atoms with Crippen LogP contribution in [0, 0.1) is 5.92 Å². The predicted molar refractivity (Wildman–Crippen MR) is 83.8 cm³/mol. The molecule has 1 atom stereocenters. The van der Waals surface area contributed by atoms with Crippen molar-refractivity contribution in [1.29, 1.82) is 0 Å². The lowest BCUT2D eigenvalue weighted by molar-refractivity contribution is -0.110. The van der Waals surface area contributed by atoms with Gasteiger partial charge in [-0.05, 0) is 31.1 Å². The molecule has 19 heavy (non-hydrogen) atoms. The highest BCUT2D eigenvalue weighted by atomic mass is 31.1. The number of hydrogen-bond donors (Lipinski definition) is 0. The van der Waals surface area contributed by atoms with Crippen LogP contribution in [0.3, 0.4) is 0 Å². The summed E-state index contributed by atoms with van der Waals surface area (Å²) in [6.07, 6.45) is 3.09. The summed E-state index contributed by atoms with van der Waals surface area (Å²) in [6.45, 7) is 2.00. The summed E-state index contributed by atoms with van der Waals surface area (Å²) < 4.78 is 0. The molecule has 2 aromatic carbocycles. The molecule has 0 aliphatic rings. The zero-order valence-corrected chi connectivity index (χ0v) is 12.1. The molecule has 2 heteroatoms. The van der Waals surface area contributed by atoms with E-state index in [-0.39, 0.29) is 13.8 Å². The van der Waals surface area contributed by atoms with Crippen molar-refractivity contribution in [3.05, 3.63) is 60.7 Å². The monoisotopic (exact) mass is 270 g/mol. The largest absolute Gasteiger partial charge is 0.303 e. The molecular formula is C17H19OP. The van der Waals surface area contributed by atoms with E-state index in [9.17, 15) is 4.79 Å². The maximum atomic E-state index is 10.8. The number of carbonyl (C=O) groups is 1. The molecule has 0 saturated heterocycles. The molecule has 0 heterocycles. The van der Waals surface area contributed by atoms with E-state index in [1.807, 2.05) is 6.92 Å². The molecule has 1 nitrogen and oxygen atoms in total. The molecule has 98 valence electrons. The minimum atomic E-state index is -0.348. The lowest BCUT2D eigenvalue weighted by atomic mass is 10.1. The Morgan fingerprint density at radius 2 is 1.42 bits per heavy atom. The lowest BCUT2D eigenvalue weighted by Gasteiger charge is -2.19. The van der Waals surface area contributed by atoms with Crippen LogP contribution in [0.5, 0.6) is 0 Å². The van der Waals surface area contributed by atoms with Gasteiger partial charge in [-0.2, -0.15) is 0 Å². The predicted octanol–water partition coefficient (Wildman–Crippen LogP) is 3.34. The summed E-state index contributed by atoms with van der Waals surface area (Å²) in [6, 6.07) is 21.3.